The molecule has 2 bridgehead atoms. The van der Waals surface area contributed by atoms with Crippen LogP contribution in [0.15, 0.2) is 6.07 Å². The molecule has 3 N–H and O–H groups in total. The van der Waals surface area contributed by atoms with E-state index in [1.54, 1.807) is 6.92 Å². The summed E-state index contributed by atoms with van der Waals surface area (Å²) in [4.78, 5) is 11.9. The van der Waals surface area contributed by atoms with Crippen LogP contribution < -0.4 is 4.74 Å². The van der Waals surface area contributed by atoms with Crippen molar-refractivity contribution < 1.29 is 39.1 Å². The number of carbonyl (C=O) groups excluding carboxylic acids is 1. The molecule has 0 radical (unpaired) electrons. The van der Waals surface area contributed by atoms with Gasteiger partial charge in [0.05, 0.1) is 24.4 Å². The Morgan fingerprint density at radius 1 is 1.05 bits per heavy atom. The Kier molecular flexibility index (Phi) is 5.94. The van der Waals surface area contributed by atoms with Crippen LogP contribution in [0.5, 0.6) is 23.0 Å². The number of carbonyl (C=O) groups is 1. The number of aromatic hydroxyl groups is 3. The van der Waals surface area contributed by atoms with Gasteiger partial charge in [-0.3, -0.25) is 4.79 Å². The third kappa shape index (κ3) is 3.88. The lowest BCUT2D eigenvalue weighted by Gasteiger charge is -2.51. The molecular weight excluding hydrogens is 488 g/mol. The topological polar surface area (TPSA) is 115 Å². The molecule has 2 saturated heterocycles. The SMILES string of the molecule is Cc1c(O)cc(C[C@]23C[C@H](C[C@H](C)O2)c2c4c(c(O)c(C)c2O3)CO[C@]2(CCC[C@H](C)O2)C4)c(C=O)c1O. The van der Waals surface area contributed by atoms with Gasteiger partial charge in [0.2, 0.25) is 5.79 Å². The number of rotatable bonds is 3. The zero-order valence-corrected chi connectivity index (χ0v) is 22.4. The number of phenolic OH excluding ortho intramolecular Hbond substituents is 3. The molecule has 8 heteroatoms. The maximum atomic E-state index is 11.9. The predicted octanol–water partition coefficient (Wildman–Crippen LogP) is 5.20. The van der Waals surface area contributed by atoms with Crippen LogP contribution in [0.25, 0.3) is 0 Å². The molecule has 5 atom stereocenters. The monoisotopic (exact) mass is 524 g/mol. The standard InChI is InChI=1S/C30H36O8/c1-15-6-5-7-29(36-15)12-21-23(14-35-29)27(34)18(4)28-25(21)20-8-16(2)37-30(11-20,38-28)10-19-9-24(32)17(3)26(33)22(19)13-31/h9,13,15-16,20,32-34H,5-8,10-12,14H2,1-4H3/t15-,16-,20-,29-,30-/m0/s1. The molecule has 4 aliphatic heterocycles. The van der Waals surface area contributed by atoms with E-state index in [2.05, 4.69) is 6.92 Å². The van der Waals surface area contributed by atoms with Gasteiger partial charge in [0.25, 0.3) is 0 Å². The maximum Gasteiger partial charge on any atom is 0.215 e. The van der Waals surface area contributed by atoms with Gasteiger partial charge in [0, 0.05) is 47.9 Å². The fourth-order valence-electron chi connectivity index (χ4n) is 7.14. The molecule has 204 valence electrons. The van der Waals surface area contributed by atoms with Crippen LogP contribution in [-0.4, -0.2) is 45.4 Å². The van der Waals surface area contributed by atoms with Gasteiger partial charge in [-0.05, 0) is 70.1 Å². The lowest BCUT2D eigenvalue weighted by Crippen LogP contribution is -2.52. The molecule has 4 heterocycles. The van der Waals surface area contributed by atoms with Crippen LogP contribution in [0.4, 0.5) is 0 Å². The molecule has 6 rings (SSSR count). The molecule has 2 aromatic carbocycles. The summed E-state index contributed by atoms with van der Waals surface area (Å²) >= 11 is 0. The van der Waals surface area contributed by atoms with Gasteiger partial charge in [0.15, 0.2) is 12.1 Å². The minimum absolute atomic E-state index is 0.0916. The number of benzene rings is 2. The van der Waals surface area contributed by atoms with Crippen molar-refractivity contribution in [1.29, 1.82) is 0 Å². The summed E-state index contributed by atoms with van der Waals surface area (Å²) < 4.78 is 25.8. The average molecular weight is 525 g/mol. The van der Waals surface area contributed by atoms with Crippen LogP contribution >= 0.6 is 0 Å². The van der Waals surface area contributed by atoms with E-state index in [4.69, 9.17) is 18.9 Å². The number of hydrogen-bond donors (Lipinski definition) is 3. The molecule has 0 unspecified atom stereocenters. The lowest BCUT2D eigenvalue weighted by molar-refractivity contribution is -0.287. The van der Waals surface area contributed by atoms with E-state index in [1.807, 2.05) is 13.8 Å². The second-order valence-electron chi connectivity index (χ2n) is 11.7. The Morgan fingerprint density at radius 3 is 2.58 bits per heavy atom. The molecule has 8 nitrogen and oxygen atoms in total. The fourth-order valence-corrected chi connectivity index (χ4v) is 7.14. The first-order valence-corrected chi connectivity index (χ1v) is 13.6. The van der Waals surface area contributed by atoms with E-state index in [0.717, 1.165) is 42.4 Å². The van der Waals surface area contributed by atoms with E-state index >= 15 is 0 Å². The average Bonchev–Trinajstić information content (AvgIpc) is 2.85. The van der Waals surface area contributed by atoms with Crippen molar-refractivity contribution in [3.63, 3.8) is 0 Å². The molecule has 2 fully saturated rings. The van der Waals surface area contributed by atoms with Crippen molar-refractivity contribution in [2.75, 3.05) is 0 Å². The van der Waals surface area contributed by atoms with Crippen LogP contribution in [0.3, 0.4) is 0 Å². The van der Waals surface area contributed by atoms with Gasteiger partial charge in [-0.1, -0.05) is 0 Å². The lowest BCUT2D eigenvalue weighted by atomic mass is 9.74. The van der Waals surface area contributed by atoms with E-state index in [1.165, 1.54) is 6.07 Å². The van der Waals surface area contributed by atoms with E-state index in [9.17, 15) is 20.1 Å². The Morgan fingerprint density at radius 2 is 1.84 bits per heavy atom. The van der Waals surface area contributed by atoms with Gasteiger partial charge in [-0.2, -0.15) is 0 Å². The zero-order chi connectivity index (χ0) is 27.0. The summed E-state index contributed by atoms with van der Waals surface area (Å²) in [5, 5.41) is 32.2. The smallest absolute Gasteiger partial charge is 0.215 e. The minimum atomic E-state index is -1.12. The summed E-state index contributed by atoms with van der Waals surface area (Å²) in [6.45, 7) is 7.78. The van der Waals surface area contributed by atoms with Crippen LogP contribution in [0.1, 0.15) is 95.6 Å². The molecule has 2 aromatic rings. The summed E-state index contributed by atoms with van der Waals surface area (Å²) in [6.07, 6.45) is 5.47. The second kappa shape index (κ2) is 8.86. The Labute approximate surface area is 222 Å². The Balaban J connectivity index is 1.45. The largest absolute Gasteiger partial charge is 0.508 e. The molecule has 0 amide bonds. The van der Waals surface area contributed by atoms with Gasteiger partial charge in [0.1, 0.15) is 23.0 Å². The zero-order valence-electron chi connectivity index (χ0n) is 22.4. The molecule has 4 aliphatic rings. The predicted molar refractivity (Wildman–Crippen MR) is 138 cm³/mol. The van der Waals surface area contributed by atoms with Crippen molar-refractivity contribution in [3.8, 4) is 23.0 Å². The van der Waals surface area contributed by atoms with Crippen LogP contribution in [-0.2, 0) is 33.7 Å². The van der Waals surface area contributed by atoms with Crippen molar-refractivity contribution in [1.82, 2.24) is 0 Å². The second-order valence-corrected chi connectivity index (χ2v) is 11.7. The number of phenols is 3. The first kappa shape index (κ1) is 25.5. The fraction of sp³-hybridized carbons (Fsp3) is 0.567. The summed E-state index contributed by atoms with van der Waals surface area (Å²) in [6, 6.07) is 1.50. The maximum absolute atomic E-state index is 11.9. The normalized spacial score (nSPS) is 31.8. The van der Waals surface area contributed by atoms with Crippen molar-refractivity contribution in [2.24, 2.45) is 0 Å². The third-order valence-corrected chi connectivity index (χ3v) is 8.94. The van der Waals surface area contributed by atoms with Crippen molar-refractivity contribution in [2.45, 2.75) is 109 Å². The van der Waals surface area contributed by atoms with Gasteiger partial charge >= 0.3 is 0 Å². The van der Waals surface area contributed by atoms with Gasteiger partial charge in [-0.25, -0.2) is 0 Å². The van der Waals surface area contributed by atoms with E-state index in [0.29, 0.717) is 36.0 Å². The minimum Gasteiger partial charge on any atom is -0.508 e. The van der Waals surface area contributed by atoms with Crippen LogP contribution in [0.2, 0.25) is 0 Å². The first-order valence-electron chi connectivity index (χ1n) is 13.6. The molecule has 1 spiro atoms. The van der Waals surface area contributed by atoms with Crippen LogP contribution in [0, 0.1) is 13.8 Å². The highest BCUT2D eigenvalue weighted by Gasteiger charge is 2.52. The number of ether oxygens (including phenoxy) is 4. The summed E-state index contributed by atoms with van der Waals surface area (Å²) in [7, 11) is 0. The first-order chi connectivity index (χ1) is 18.1. The third-order valence-electron chi connectivity index (χ3n) is 8.94. The highest BCUT2D eigenvalue weighted by molar-refractivity contribution is 5.83. The summed E-state index contributed by atoms with van der Waals surface area (Å²) in [5.41, 5.74) is 4.41. The van der Waals surface area contributed by atoms with Crippen molar-refractivity contribution in [3.05, 3.63) is 45.0 Å². The quantitative estimate of drug-likeness (QED) is 0.469. The van der Waals surface area contributed by atoms with E-state index < -0.39 is 11.6 Å². The number of aldehydes is 1. The Hall–Kier alpha value is -2.81. The molecule has 38 heavy (non-hydrogen) atoms. The van der Waals surface area contributed by atoms with Gasteiger partial charge < -0.3 is 34.3 Å². The Bertz CT molecular complexity index is 1320. The molecule has 0 saturated carbocycles. The number of fused-ring (bicyclic) bond motifs is 6. The highest BCUT2D eigenvalue weighted by Crippen LogP contribution is 2.56. The summed E-state index contributed by atoms with van der Waals surface area (Å²) in [5.74, 6) is -1.27. The van der Waals surface area contributed by atoms with Crippen molar-refractivity contribution >= 4 is 6.29 Å². The molecular formula is C30H36O8. The molecule has 0 aromatic heterocycles. The molecule has 0 aliphatic carbocycles. The van der Waals surface area contributed by atoms with E-state index in [-0.39, 0.29) is 59.5 Å². The van der Waals surface area contributed by atoms with Gasteiger partial charge in [-0.15, -0.1) is 0 Å². The number of hydrogen-bond acceptors (Lipinski definition) is 8. The highest BCUT2D eigenvalue weighted by atomic mass is 16.7.